The van der Waals surface area contributed by atoms with Crippen LogP contribution in [0.15, 0.2) is 60.9 Å². The fourth-order valence-electron chi connectivity index (χ4n) is 3.02. The Morgan fingerprint density at radius 1 is 1.00 bits per heavy atom. The molecular formula is C20H17ClN4O. The molecule has 0 bridgehead atoms. The SMILES string of the molecule is O=C(c1cnc(Nc2ccc(Cl)cc2)cn1)N1CCc2ccccc2C1. The largest absolute Gasteiger partial charge is 0.339 e. The van der Waals surface area contributed by atoms with Crippen LogP contribution in [0.2, 0.25) is 5.02 Å². The number of hydrogen-bond acceptors (Lipinski definition) is 4. The summed E-state index contributed by atoms with van der Waals surface area (Å²) in [7, 11) is 0. The van der Waals surface area contributed by atoms with Crippen molar-refractivity contribution in [2.24, 2.45) is 0 Å². The molecule has 1 aliphatic rings. The van der Waals surface area contributed by atoms with Gasteiger partial charge in [0.15, 0.2) is 0 Å². The van der Waals surface area contributed by atoms with Crippen LogP contribution in [0.3, 0.4) is 0 Å². The van der Waals surface area contributed by atoms with Gasteiger partial charge < -0.3 is 10.2 Å². The molecule has 1 N–H and O–H groups in total. The molecule has 0 radical (unpaired) electrons. The molecule has 1 aliphatic heterocycles. The van der Waals surface area contributed by atoms with Crippen molar-refractivity contribution in [1.82, 2.24) is 14.9 Å². The molecule has 6 heteroatoms. The van der Waals surface area contributed by atoms with E-state index in [1.165, 1.54) is 17.3 Å². The molecule has 1 aromatic heterocycles. The van der Waals surface area contributed by atoms with E-state index in [0.717, 1.165) is 12.1 Å². The van der Waals surface area contributed by atoms with E-state index in [2.05, 4.69) is 27.4 Å². The van der Waals surface area contributed by atoms with Crippen molar-refractivity contribution in [3.05, 3.63) is 82.8 Å². The van der Waals surface area contributed by atoms with Gasteiger partial charge in [0.05, 0.1) is 12.4 Å². The fourth-order valence-corrected chi connectivity index (χ4v) is 3.14. The zero-order chi connectivity index (χ0) is 17.9. The van der Waals surface area contributed by atoms with Crippen LogP contribution in [0.4, 0.5) is 11.5 Å². The van der Waals surface area contributed by atoms with Crippen molar-refractivity contribution in [3.8, 4) is 0 Å². The second kappa shape index (κ2) is 7.14. The van der Waals surface area contributed by atoms with Crippen LogP contribution in [0, 0.1) is 0 Å². The summed E-state index contributed by atoms with van der Waals surface area (Å²) in [6, 6.07) is 15.5. The first-order chi connectivity index (χ1) is 12.7. The van der Waals surface area contributed by atoms with E-state index in [1.807, 2.05) is 29.2 Å². The van der Waals surface area contributed by atoms with Gasteiger partial charge in [0.25, 0.3) is 5.91 Å². The number of carbonyl (C=O) groups excluding carboxylic acids is 1. The molecule has 2 heterocycles. The summed E-state index contributed by atoms with van der Waals surface area (Å²) < 4.78 is 0. The number of nitrogens with one attached hydrogen (secondary N) is 1. The van der Waals surface area contributed by atoms with Gasteiger partial charge >= 0.3 is 0 Å². The molecule has 0 atom stereocenters. The van der Waals surface area contributed by atoms with E-state index in [-0.39, 0.29) is 5.91 Å². The Hall–Kier alpha value is -2.92. The van der Waals surface area contributed by atoms with Gasteiger partial charge in [-0.25, -0.2) is 9.97 Å². The lowest BCUT2D eigenvalue weighted by molar-refractivity contribution is 0.0728. The molecule has 0 aliphatic carbocycles. The molecule has 0 unspecified atom stereocenters. The second-order valence-electron chi connectivity index (χ2n) is 6.16. The molecule has 2 aromatic carbocycles. The van der Waals surface area contributed by atoms with E-state index in [0.29, 0.717) is 29.6 Å². The monoisotopic (exact) mass is 364 g/mol. The first-order valence-corrected chi connectivity index (χ1v) is 8.77. The highest BCUT2D eigenvalue weighted by Crippen LogP contribution is 2.20. The Labute approximate surface area is 156 Å². The van der Waals surface area contributed by atoms with Crippen LogP contribution in [-0.4, -0.2) is 27.3 Å². The quantitative estimate of drug-likeness (QED) is 0.761. The average molecular weight is 365 g/mol. The summed E-state index contributed by atoms with van der Waals surface area (Å²) in [5.41, 5.74) is 3.72. The number of benzene rings is 2. The zero-order valence-electron chi connectivity index (χ0n) is 14.0. The highest BCUT2D eigenvalue weighted by Gasteiger charge is 2.22. The number of fused-ring (bicyclic) bond motifs is 1. The maximum Gasteiger partial charge on any atom is 0.274 e. The van der Waals surface area contributed by atoms with Gasteiger partial charge in [-0.2, -0.15) is 0 Å². The minimum Gasteiger partial charge on any atom is -0.339 e. The zero-order valence-corrected chi connectivity index (χ0v) is 14.8. The smallest absolute Gasteiger partial charge is 0.274 e. The van der Waals surface area contributed by atoms with E-state index < -0.39 is 0 Å². The van der Waals surface area contributed by atoms with Crippen LogP contribution in [-0.2, 0) is 13.0 Å². The van der Waals surface area contributed by atoms with Crippen LogP contribution < -0.4 is 5.32 Å². The van der Waals surface area contributed by atoms with Gasteiger partial charge in [-0.3, -0.25) is 4.79 Å². The van der Waals surface area contributed by atoms with Crippen molar-refractivity contribution < 1.29 is 4.79 Å². The van der Waals surface area contributed by atoms with Crippen LogP contribution >= 0.6 is 11.6 Å². The molecule has 0 spiro atoms. The molecule has 5 nitrogen and oxygen atoms in total. The molecule has 130 valence electrons. The van der Waals surface area contributed by atoms with Crippen LogP contribution in [0.25, 0.3) is 0 Å². The third kappa shape index (κ3) is 3.53. The molecule has 26 heavy (non-hydrogen) atoms. The van der Waals surface area contributed by atoms with Crippen molar-refractivity contribution >= 4 is 29.0 Å². The van der Waals surface area contributed by atoms with E-state index in [4.69, 9.17) is 11.6 Å². The van der Waals surface area contributed by atoms with Gasteiger partial charge in [-0.05, 0) is 41.8 Å². The summed E-state index contributed by atoms with van der Waals surface area (Å²) >= 11 is 5.88. The highest BCUT2D eigenvalue weighted by molar-refractivity contribution is 6.30. The number of nitrogens with zero attached hydrogens (tertiary/aromatic N) is 3. The summed E-state index contributed by atoms with van der Waals surface area (Å²) in [6.45, 7) is 1.31. The maximum absolute atomic E-state index is 12.7. The average Bonchev–Trinajstić information content (AvgIpc) is 2.69. The molecular weight excluding hydrogens is 348 g/mol. The Morgan fingerprint density at radius 2 is 1.77 bits per heavy atom. The van der Waals surface area contributed by atoms with Crippen molar-refractivity contribution in [1.29, 1.82) is 0 Å². The number of carbonyl (C=O) groups is 1. The van der Waals surface area contributed by atoms with E-state index in [9.17, 15) is 4.79 Å². The molecule has 0 fully saturated rings. The lowest BCUT2D eigenvalue weighted by Gasteiger charge is -2.28. The van der Waals surface area contributed by atoms with Crippen molar-refractivity contribution in [2.75, 3.05) is 11.9 Å². The third-order valence-corrected chi connectivity index (χ3v) is 4.66. The van der Waals surface area contributed by atoms with Crippen molar-refractivity contribution in [3.63, 3.8) is 0 Å². The molecule has 0 saturated carbocycles. The van der Waals surface area contributed by atoms with Gasteiger partial charge in [0.1, 0.15) is 11.5 Å². The summed E-state index contributed by atoms with van der Waals surface area (Å²) in [6.07, 6.45) is 3.95. The number of aromatic nitrogens is 2. The molecule has 0 saturated heterocycles. The Bertz CT molecular complexity index is 925. The maximum atomic E-state index is 12.7. The van der Waals surface area contributed by atoms with Crippen LogP contribution in [0.5, 0.6) is 0 Å². The number of anilines is 2. The number of hydrogen-bond donors (Lipinski definition) is 1. The third-order valence-electron chi connectivity index (χ3n) is 4.41. The van der Waals surface area contributed by atoms with E-state index >= 15 is 0 Å². The number of rotatable bonds is 3. The molecule has 4 rings (SSSR count). The minimum absolute atomic E-state index is 0.0926. The summed E-state index contributed by atoms with van der Waals surface area (Å²) in [4.78, 5) is 23.1. The number of halogens is 1. The Morgan fingerprint density at radius 3 is 2.50 bits per heavy atom. The Kier molecular flexibility index (Phi) is 4.54. The van der Waals surface area contributed by atoms with Gasteiger partial charge in [0, 0.05) is 23.8 Å². The lowest BCUT2D eigenvalue weighted by atomic mass is 10.00. The van der Waals surface area contributed by atoms with Gasteiger partial charge in [-0.1, -0.05) is 35.9 Å². The predicted octanol–water partition coefficient (Wildman–Crippen LogP) is 4.07. The normalized spacial score (nSPS) is 13.2. The number of amides is 1. The van der Waals surface area contributed by atoms with Gasteiger partial charge in [-0.15, -0.1) is 0 Å². The van der Waals surface area contributed by atoms with Crippen LogP contribution in [0.1, 0.15) is 21.6 Å². The first-order valence-electron chi connectivity index (χ1n) is 8.40. The van der Waals surface area contributed by atoms with Gasteiger partial charge in [0.2, 0.25) is 0 Å². The minimum atomic E-state index is -0.0926. The first kappa shape index (κ1) is 16.5. The van der Waals surface area contributed by atoms with E-state index in [1.54, 1.807) is 18.3 Å². The topological polar surface area (TPSA) is 58.1 Å². The standard InChI is InChI=1S/C20H17ClN4O/c21-16-5-7-17(8-6-16)24-19-12-22-18(11-23-19)20(26)25-10-9-14-3-1-2-4-15(14)13-25/h1-8,11-12H,9-10,13H2,(H,23,24). The molecule has 3 aromatic rings. The molecule has 1 amide bonds. The summed E-state index contributed by atoms with van der Waals surface area (Å²) in [5, 5.41) is 3.80. The second-order valence-corrected chi connectivity index (χ2v) is 6.60. The van der Waals surface area contributed by atoms with Crippen molar-refractivity contribution in [2.45, 2.75) is 13.0 Å². The highest BCUT2D eigenvalue weighted by atomic mass is 35.5. The summed E-state index contributed by atoms with van der Waals surface area (Å²) in [5.74, 6) is 0.484. The Balaban J connectivity index is 1.45. The lowest BCUT2D eigenvalue weighted by Crippen LogP contribution is -2.36. The fraction of sp³-hybridized carbons (Fsp3) is 0.150. The predicted molar refractivity (Wildman–Crippen MR) is 102 cm³/mol.